The molecule has 0 aromatic heterocycles. The predicted molar refractivity (Wildman–Crippen MR) is 72.0 cm³/mol. The van der Waals surface area contributed by atoms with Crippen LogP contribution in [0.2, 0.25) is 0 Å². The molecule has 17 heavy (non-hydrogen) atoms. The van der Waals surface area contributed by atoms with E-state index in [0.717, 1.165) is 12.0 Å². The van der Waals surface area contributed by atoms with Crippen LogP contribution in [-0.2, 0) is 6.54 Å². The molecule has 1 aliphatic carbocycles. The zero-order valence-electron chi connectivity index (χ0n) is 10.9. The van der Waals surface area contributed by atoms with E-state index in [9.17, 15) is 0 Å². The topological polar surface area (TPSA) is 3.24 Å². The SMILES string of the molecule is Cc1ccccc1CN1CC2(CCCCC2)C1. The van der Waals surface area contributed by atoms with Crippen LogP contribution in [0.3, 0.4) is 0 Å². The molecule has 0 atom stereocenters. The summed E-state index contributed by atoms with van der Waals surface area (Å²) < 4.78 is 0. The fourth-order valence-electron chi connectivity index (χ4n) is 3.66. The van der Waals surface area contributed by atoms with Gasteiger partial charge in [-0.2, -0.15) is 0 Å². The van der Waals surface area contributed by atoms with Crippen molar-refractivity contribution in [1.29, 1.82) is 0 Å². The number of hydrogen-bond acceptors (Lipinski definition) is 1. The summed E-state index contributed by atoms with van der Waals surface area (Å²) >= 11 is 0. The van der Waals surface area contributed by atoms with Crippen molar-refractivity contribution >= 4 is 0 Å². The summed E-state index contributed by atoms with van der Waals surface area (Å²) in [7, 11) is 0. The van der Waals surface area contributed by atoms with Gasteiger partial charge in [0.05, 0.1) is 0 Å². The molecule has 1 aromatic rings. The van der Waals surface area contributed by atoms with Gasteiger partial charge in [0.2, 0.25) is 0 Å². The highest BCUT2D eigenvalue weighted by Gasteiger charge is 2.42. The lowest BCUT2D eigenvalue weighted by molar-refractivity contribution is -0.0333. The van der Waals surface area contributed by atoms with Gasteiger partial charge in [-0.05, 0) is 36.3 Å². The summed E-state index contributed by atoms with van der Waals surface area (Å²) in [5.41, 5.74) is 3.68. The van der Waals surface area contributed by atoms with Crippen molar-refractivity contribution < 1.29 is 0 Å². The smallest absolute Gasteiger partial charge is 0.0236 e. The first-order chi connectivity index (χ1) is 8.27. The second-order valence-corrected chi connectivity index (χ2v) is 6.13. The number of aryl methyl sites for hydroxylation is 1. The van der Waals surface area contributed by atoms with E-state index in [4.69, 9.17) is 0 Å². The Bertz CT molecular complexity index is 382. The standard InChI is InChI=1S/C16H23N/c1-14-7-3-4-8-15(14)11-17-12-16(13-17)9-5-2-6-10-16/h3-4,7-8H,2,5-6,9-13H2,1H3. The minimum absolute atomic E-state index is 0.723. The van der Waals surface area contributed by atoms with Crippen LogP contribution < -0.4 is 0 Å². The molecule has 0 radical (unpaired) electrons. The van der Waals surface area contributed by atoms with Crippen LogP contribution in [0, 0.1) is 12.3 Å². The molecule has 1 spiro atoms. The van der Waals surface area contributed by atoms with Gasteiger partial charge in [0.25, 0.3) is 0 Å². The molecule has 1 heteroatoms. The molecule has 1 saturated carbocycles. The molecule has 1 aliphatic heterocycles. The minimum atomic E-state index is 0.723. The normalized spacial score (nSPS) is 23.6. The van der Waals surface area contributed by atoms with E-state index in [1.165, 1.54) is 56.3 Å². The fraction of sp³-hybridized carbons (Fsp3) is 0.625. The molecular weight excluding hydrogens is 206 g/mol. The van der Waals surface area contributed by atoms with Gasteiger partial charge in [-0.15, -0.1) is 0 Å². The Hall–Kier alpha value is -0.820. The van der Waals surface area contributed by atoms with Gasteiger partial charge in [0, 0.05) is 19.6 Å². The molecule has 0 unspecified atom stereocenters. The van der Waals surface area contributed by atoms with Crippen LogP contribution in [-0.4, -0.2) is 18.0 Å². The van der Waals surface area contributed by atoms with Crippen molar-refractivity contribution in [3.8, 4) is 0 Å². The molecule has 3 rings (SSSR count). The van der Waals surface area contributed by atoms with Gasteiger partial charge < -0.3 is 0 Å². The molecule has 0 N–H and O–H groups in total. The van der Waals surface area contributed by atoms with Crippen molar-refractivity contribution in [2.45, 2.75) is 45.6 Å². The van der Waals surface area contributed by atoms with Crippen molar-refractivity contribution in [1.82, 2.24) is 4.90 Å². The Morgan fingerprint density at radius 3 is 2.47 bits per heavy atom. The van der Waals surface area contributed by atoms with E-state index in [1.807, 2.05) is 0 Å². The van der Waals surface area contributed by atoms with Gasteiger partial charge in [0.1, 0.15) is 0 Å². The number of rotatable bonds is 2. The van der Waals surface area contributed by atoms with Crippen molar-refractivity contribution in [2.75, 3.05) is 13.1 Å². The van der Waals surface area contributed by atoms with Crippen LogP contribution in [0.4, 0.5) is 0 Å². The number of nitrogens with zero attached hydrogens (tertiary/aromatic N) is 1. The third kappa shape index (κ3) is 2.26. The maximum Gasteiger partial charge on any atom is 0.0236 e. The quantitative estimate of drug-likeness (QED) is 0.746. The maximum atomic E-state index is 2.63. The zero-order valence-corrected chi connectivity index (χ0v) is 10.9. The molecule has 0 bridgehead atoms. The average Bonchev–Trinajstić information content (AvgIpc) is 2.31. The summed E-state index contributed by atoms with van der Waals surface area (Å²) in [6.45, 7) is 6.09. The first-order valence-corrected chi connectivity index (χ1v) is 7.04. The Labute approximate surface area is 105 Å². The Morgan fingerprint density at radius 2 is 1.76 bits per heavy atom. The summed E-state index contributed by atoms with van der Waals surface area (Å²) in [4.78, 5) is 2.63. The van der Waals surface area contributed by atoms with Crippen LogP contribution in [0.15, 0.2) is 24.3 Å². The van der Waals surface area contributed by atoms with Crippen molar-refractivity contribution in [2.24, 2.45) is 5.41 Å². The van der Waals surface area contributed by atoms with Crippen molar-refractivity contribution in [3.05, 3.63) is 35.4 Å². The van der Waals surface area contributed by atoms with Gasteiger partial charge in [-0.25, -0.2) is 0 Å². The summed E-state index contributed by atoms with van der Waals surface area (Å²) in [5.74, 6) is 0. The molecule has 1 aromatic carbocycles. The monoisotopic (exact) mass is 229 g/mol. The van der Waals surface area contributed by atoms with Gasteiger partial charge in [0.15, 0.2) is 0 Å². The Balaban J connectivity index is 1.58. The summed E-state index contributed by atoms with van der Waals surface area (Å²) in [6.07, 6.45) is 7.38. The van der Waals surface area contributed by atoms with Crippen LogP contribution >= 0.6 is 0 Å². The highest BCUT2D eigenvalue weighted by molar-refractivity contribution is 5.25. The molecule has 2 aliphatic rings. The molecular formula is C16H23N. The maximum absolute atomic E-state index is 2.63. The van der Waals surface area contributed by atoms with E-state index < -0.39 is 0 Å². The molecule has 92 valence electrons. The van der Waals surface area contributed by atoms with E-state index in [2.05, 4.69) is 36.1 Å². The van der Waals surface area contributed by atoms with E-state index in [-0.39, 0.29) is 0 Å². The summed E-state index contributed by atoms with van der Waals surface area (Å²) in [6, 6.07) is 8.81. The third-order valence-electron chi connectivity index (χ3n) is 4.69. The molecule has 1 nitrogen and oxygen atoms in total. The Morgan fingerprint density at radius 1 is 1.06 bits per heavy atom. The van der Waals surface area contributed by atoms with E-state index in [0.29, 0.717) is 0 Å². The van der Waals surface area contributed by atoms with Crippen LogP contribution in [0.25, 0.3) is 0 Å². The largest absolute Gasteiger partial charge is 0.298 e. The fourth-order valence-corrected chi connectivity index (χ4v) is 3.66. The van der Waals surface area contributed by atoms with Gasteiger partial charge in [-0.1, -0.05) is 43.5 Å². The van der Waals surface area contributed by atoms with Crippen LogP contribution in [0.1, 0.15) is 43.2 Å². The third-order valence-corrected chi connectivity index (χ3v) is 4.69. The number of hydrogen-bond donors (Lipinski definition) is 0. The average molecular weight is 229 g/mol. The second kappa shape index (κ2) is 4.45. The molecule has 2 fully saturated rings. The summed E-state index contributed by atoms with van der Waals surface area (Å²) in [5, 5.41) is 0. The molecule has 1 heterocycles. The highest BCUT2D eigenvalue weighted by Crippen LogP contribution is 2.44. The highest BCUT2D eigenvalue weighted by atomic mass is 15.2. The van der Waals surface area contributed by atoms with E-state index in [1.54, 1.807) is 0 Å². The first kappa shape index (κ1) is 11.3. The molecule has 0 amide bonds. The lowest BCUT2D eigenvalue weighted by Crippen LogP contribution is -2.56. The number of likely N-dealkylation sites (tertiary alicyclic amines) is 1. The van der Waals surface area contributed by atoms with Crippen molar-refractivity contribution in [3.63, 3.8) is 0 Å². The lowest BCUT2D eigenvalue weighted by Gasteiger charge is -2.52. The van der Waals surface area contributed by atoms with E-state index >= 15 is 0 Å². The van der Waals surface area contributed by atoms with Gasteiger partial charge >= 0.3 is 0 Å². The minimum Gasteiger partial charge on any atom is -0.298 e. The number of benzene rings is 1. The zero-order chi connectivity index (χ0) is 11.7. The Kier molecular flexibility index (Phi) is 2.96. The lowest BCUT2D eigenvalue weighted by atomic mass is 9.68. The van der Waals surface area contributed by atoms with Gasteiger partial charge in [-0.3, -0.25) is 4.90 Å². The van der Waals surface area contributed by atoms with Crippen LogP contribution in [0.5, 0.6) is 0 Å². The predicted octanol–water partition coefficient (Wildman–Crippen LogP) is 3.76. The first-order valence-electron chi connectivity index (χ1n) is 7.04. The second-order valence-electron chi connectivity index (χ2n) is 6.13. The molecule has 1 saturated heterocycles.